The molecule has 0 saturated carbocycles. The highest BCUT2D eigenvalue weighted by Crippen LogP contribution is 2.32. The molecule has 2 aromatic rings. The Balaban J connectivity index is 2.22. The molecule has 5 nitrogen and oxygen atoms in total. The van der Waals surface area contributed by atoms with E-state index in [-0.39, 0.29) is 5.95 Å². The number of halogens is 1. The summed E-state index contributed by atoms with van der Waals surface area (Å²) in [6, 6.07) is 0. The molecule has 0 aliphatic heterocycles. The SMILES string of the molecule is CCc1nsc(Sc2nc(N)ncc2Cl)n1. The van der Waals surface area contributed by atoms with Crippen LogP contribution in [-0.4, -0.2) is 19.3 Å². The average molecular weight is 274 g/mol. The molecule has 8 heteroatoms. The quantitative estimate of drug-likeness (QED) is 0.865. The summed E-state index contributed by atoms with van der Waals surface area (Å²) in [6.45, 7) is 2.01. The lowest BCUT2D eigenvalue weighted by molar-refractivity contribution is 0.969. The van der Waals surface area contributed by atoms with Crippen molar-refractivity contribution in [1.29, 1.82) is 0 Å². The zero-order chi connectivity index (χ0) is 11.5. The van der Waals surface area contributed by atoms with Gasteiger partial charge in [0, 0.05) is 6.42 Å². The summed E-state index contributed by atoms with van der Waals surface area (Å²) in [4.78, 5) is 12.1. The second-order valence-corrected chi connectivity index (χ2v) is 5.21. The van der Waals surface area contributed by atoms with Crippen molar-refractivity contribution in [1.82, 2.24) is 19.3 Å². The van der Waals surface area contributed by atoms with Gasteiger partial charge in [-0.15, -0.1) is 0 Å². The average Bonchev–Trinajstić information content (AvgIpc) is 2.71. The molecular weight excluding hydrogens is 266 g/mol. The van der Waals surface area contributed by atoms with Gasteiger partial charge in [0.15, 0.2) is 4.34 Å². The van der Waals surface area contributed by atoms with E-state index >= 15 is 0 Å². The summed E-state index contributed by atoms with van der Waals surface area (Å²) in [5, 5.41) is 1.07. The monoisotopic (exact) mass is 273 g/mol. The van der Waals surface area contributed by atoms with E-state index < -0.39 is 0 Å². The van der Waals surface area contributed by atoms with Crippen LogP contribution in [0.15, 0.2) is 15.6 Å². The van der Waals surface area contributed by atoms with Gasteiger partial charge in [-0.3, -0.25) is 0 Å². The molecule has 0 atom stereocenters. The molecule has 0 bridgehead atoms. The van der Waals surface area contributed by atoms with Crippen molar-refractivity contribution >= 4 is 40.8 Å². The molecule has 2 N–H and O–H groups in total. The first-order valence-corrected chi connectivity index (χ1v) is 6.44. The van der Waals surface area contributed by atoms with Gasteiger partial charge in [-0.25, -0.2) is 15.0 Å². The van der Waals surface area contributed by atoms with Crippen molar-refractivity contribution in [3.63, 3.8) is 0 Å². The molecule has 0 aromatic carbocycles. The van der Waals surface area contributed by atoms with Crippen molar-refractivity contribution in [2.24, 2.45) is 0 Å². The van der Waals surface area contributed by atoms with Gasteiger partial charge < -0.3 is 5.73 Å². The van der Waals surface area contributed by atoms with Gasteiger partial charge in [0.25, 0.3) is 0 Å². The number of aryl methyl sites for hydroxylation is 1. The van der Waals surface area contributed by atoms with Crippen LogP contribution in [0, 0.1) is 0 Å². The molecule has 2 rings (SSSR count). The maximum atomic E-state index is 5.94. The predicted octanol–water partition coefficient (Wildman–Crippen LogP) is 2.28. The summed E-state index contributed by atoms with van der Waals surface area (Å²) >= 11 is 8.61. The molecule has 0 spiro atoms. The van der Waals surface area contributed by atoms with E-state index in [0.29, 0.717) is 10.0 Å². The van der Waals surface area contributed by atoms with Crippen LogP contribution in [0.1, 0.15) is 12.7 Å². The Labute approximate surface area is 106 Å². The normalized spacial score (nSPS) is 10.6. The number of aromatic nitrogens is 4. The van der Waals surface area contributed by atoms with Crippen LogP contribution in [0.25, 0.3) is 0 Å². The Hall–Kier alpha value is -0.920. The number of rotatable bonds is 3. The Morgan fingerprint density at radius 3 is 3.00 bits per heavy atom. The number of hydrogen-bond acceptors (Lipinski definition) is 7. The van der Waals surface area contributed by atoms with Gasteiger partial charge in [-0.2, -0.15) is 4.37 Å². The third-order valence-electron chi connectivity index (χ3n) is 1.68. The fraction of sp³-hybridized carbons (Fsp3) is 0.250. The van der Waals surface area contributed by atoms with Gasteiger partial charge in [0.05, 0.1) is 11.2 Å². The van der Waals surface area contributed by atoms with Gasteiger partial charge in [-0.1, -0.05) is 18.5 Å². The maximum Gasteiger partial charge on any atom is 0.221 e. The maximum absolute atomic E-state index is 5.94. The van der Waals surface area contributed by atoms with E-state index in [4.69, 9.17) is 17.3 Å². The minimum atomic E-state index is 0.201. The molecule has 0 radical (unpaired) electrons. The third-order valence-corrected chi connectivity index (χ3v) is 3.86. The summed E-state index contributed by atoms with van der Waals surface area (Å²) in [5.74, 6) is 1.03. The van der Waals surface area contributed by atoms with Gasteiger partial charge >= 0.3 is 0 Å². The van der Waals surface area contributed by atoms with Crippen LogP contribution in [0.4, 0.5) is 5.95 Å². The largest absolute Gasteiger partial charge is 0.368 e. The van der Waals surface area contributed by atoms with Crippen LogP contribution in [0.2, 0.25) is 5.02 Å². The van der Waals surface area contributed by atoms with Crippen LogP contribution >= 0.6 is 34.9 Å². The molecular formula is C8H8ClN5S2. The van der Waals surface area contributed by atoms with Crippen LogP contribution in [0.3, 0.4) is 0 Å². The first-order chi connectivity index (χ1) is 7.69. The van der Waals surface area contributed by atoms with Crippen LogP contribution in [-0.2, 0) is 6.42 Å². The summed E-state index contributed by atoms with van der Waals surface area (Å²) in [5.41, 5.74) is 5.49. The van der Waals surface area contributed by atoms with E-state index in [9.17, 15) is 0 Å². The Morgan fingerprint density at radius 2 is 2.31 bits per heavy atom. The molecule has 0 aliphatic carbocycles. The van der Waals surface area contributed by atoms with E-state index in [1.54, 1.807) is 0 Å². The highest BCUT2D eigenvalue weighted by atomic mass is 35.5. The molecule has 16 heavy (non-hydrogen) atoms. The molecule has 0 amide bonds. The van der Waals surface area contributed by atoms with Gasteiger partial charge in [0.2, 0.25) is 5.95 Å². The van der Waals surface area contributed by atoms with E-state index in [2.05, 4.69) is 19.3 Å². The van der Waals surface area contributed by atoms with Crippen LogP contribution in [0.5, 0.6) is 0 Å². The van der Waals surface area contributed by atoms with Gasteiger partial charge in [-0.05, 0) is 23.3 Å². The van der Waals surface area contributed by atoms with E-state index in [1.165, 1.54) is 29.5 Å². The summed E-state index contributed by atoms with van der Waals surface area (Å²) < 4.78 is 4.98. The molecule has 0 unspecified atom stereocenters. The second kappa shape index (κ2) is 4.94. The van der Waals surface area contributed by atoms with Crippen molar-refractivity contribution in [3.8, 4) is 0 Å². The van der Waals surface area contributed by atoms with Gasteiger partial charge in [0.1, 0.15) is 10.9 Å². The lowest BCUT2D eigenvalue weighted by Crippen LogP contribution is -1.95. The van der Waals surface area contributed by atoms with Crippen molar-refractivity contribution < 1.29 is 0 Å². The fourth-order valence-electron chi connectivity index (χ4n) is 0.942. The third kappa shape index (κ3) is 2.60. The number of hydrogen-bond donors (Lipinski definition) is 1. The molecule has 0 aliphatic rings. The minimum Gasteiger partial charge on any atom is -0.368 e. The summed E-state index contributed by atoms with van der Waals surface area (Å²) in [7, 11) is 0. The Morgan fingerprint density at radius 1 is 1.50 bits per heavy atom. The number of anilines is 1. The Kier molecular flexibility index (Phi) is 3.57. The highest BCUT2D eigenvalue weighted by molar-refractivity contribution is 8.01. The smallest absolute Gasteiger partial charge is 0.221 e. The van der Waals surface area contributed by atoms with E-state index in [1.807, 2.05) is 6.92 Å². The highest BCUT2D eigenvalue weighted by Gasteiger charge is 2.10. The predicted molar refractivity (Wildman–Crippen MR) is 64.9 cm³/mol. The van der Waals surface area contributed by atoms with Crippen LogP contribution < -0.4 is 5.73 Å². The standard InChI is InChI=1S/C8H8ClN5S2/c1-2-5-12-8(16-14-5)15-6-4(9)3-11-7(10)13-6/h3H,2H2,1H3,(H2,10,11,13). The first-order valence-electron chi connectivity index (χ1n) is 4.47. The number of nitrogen functional groups attached to an aromatic ring is 1. The second-order valence-electron chi connectivity index (χ2n) is 2.81. The molecule has 0 fully saturated rings. The number of nitrogens with two attached hydrogens (primary N) is 1. The first kappa shape index (κ1) is 11.6. The molecule has 84 valence electrons. The lowest BCUT2D eigenvalue weighted by Gasteiger charge is -1.99. The van der Waals surface area contributed by atoms with Crippen molar-refractivity contribution in [2.75, 3.05) is 5.73 Å². The lowest BCUT2D eigenvalue weighted by atomic mass is 10.5. The molecule has 2 aromatic heterocycles. The van der Waals surface area contributed by atoms with Crippen molar-refractivity contribution in [2.45, 2.75) is 22.7 Å². The summed E-state index contributed by atoms with van der Waals surface area (Å²) in [6.07, 6.45) is 2.30. The molecule has 2 heterocycles. The topological polar surface area (TPSA) is 77.6 Å². The van der Waals surface area contributed by atoms with E-state index in [0.717, 1.165) is 16.6 Å². The Bertz CT molecular complexity index is 501. The molecule has 0 saturated heterocycles. The number of nitrogens with zero attached hydrogens (tertiary/aromatic N) is 4. The van der Waals surface area contributed by atoms with Crippen molar-refractivity contribution in [3.05, 3.63) is 17.0 Å². The zero-order valence-corrected chi connectivity index (χ0v) is 10.7. The zero-order valence-electron chi connectivity index (χ0n) is 8.35. The minimum absolute atomic E-state index is 0.201. The fourth-order valence-corrected chi connectivity index (χ4v) is 2.75.